The SMILES string of the molecule is Cc1ccc2c(c1)c1ccccc1n2CCNCC1OC(n2cnc3c(C)ncnc32)C(O)C1O. The summed E-state index contributed by atoms with van der Waals surface area (Å²) in [6.07, 6.45) is -0.401. The van der Waals surface area contributed by atoms with Crippen LogP contribution in [0.2, 0.25) is 0 Å². The van der Waals surface area contributed by atoms with Crippen LogP contribution in [0.15, 0.2) is 55.1 Å². The van der Waals surface area contributed by atoms with Gasteiger partial charge in [0.15, 0.2) is 11.9 Å². The lowest BCUT2D eigenvalue weighted by Crippen LogP contribution is -2.38. The van der Waals surface area contributed by atoms with Crippen molar-refractivity contribution in [3.05, 3.63) is 66.4 Å². The molecule has 1 fully saturated rings. The number of aliphatic hydroxyl groups is 2. The molecule has 3 aromatic heterocycles. The lowest BCUT2D eigenvalue weighted by atomic mass is 10.1. The van der Waals surface area contributed by atoms with Gasteiger partial charge in [-0.05, 0) is 32.0 Å². The Hall–Kier alpha value is -3.37. The van der Waals surface area contributed by atoms with Crippen molar-refractivity contribution in [1.29, 1.82) is 0 Å². The van der Waals surface area contributed by atoms with Crippen LogP contribution < -0.4 is 5.32 Å². The Kier molecular flexibility index (Phi) is 5.49. The first-order valence-electron chi connectivity index (χ1n) is 11.9. The number of hydrogen-bond acceptors (Lipinski definition) is 7. The van der Waals surface area contributed by atoms with Crippen molar-refractivity contribution in [2.24, 2.45) is 0 Å². The van der Waals surface area contributed by atoms with Crippen molar-refractivity contribution in [3.8, 4) is 0 Å². The number of aromatic nitrogens is 5. The number of ether oxygens (including phenoxy) is 1. The van der Waals surface area contributed by atoms with E-state index in [2.05, 4.69) is 74.2 Å². The van der Waals surface area contributed by atoms with Crippen LogP contribution in [-0.2, 0) is 11.3 Å². The molecule has 1 aliphatic heterocycles. The highest BCUT2D eigenvalue weighted by Gasteiger charge is 2.44. The summed E-state index contributed by atoms with van der Waals surface area (Å²) in [5, 5.41) is 27.3. The van der Waals surface area contributed by atoms with Crippen LogP contribution in [0.3, 0.4) is 0 Å². The highest BCUT2D eigenvalue weighted by atomic mass is 16.6. The minimum atomic E-state index is -1.09. The van der Waals surface area contributed by atoms with E-state index in [9.17, 15) is 10.2 Å². The number of para-hydroxylation sites is 1. The zero-order valence-corrected chi connectivity index (χ0v) is 19.7. The molecule has 6 rings (SSSR count). The Labute approximate surface area is 202 Å². The van der Waals surface area contributed by atoms with E-state index in [-0.39, 0.29) is 0 Å². The number of nitrogens with zero attached hydrogens (tertiary/aromatic N) is 5. The number of hydrogen-bond donors (Lipinski definition) is 3. The molecule has 9 nitrogen and oxygen atoms in total. The van der Waals surface area contributed by atoms with Gasteiger partial charge in [-0.1, -0.05) is 29.8 Å². The van der Waals surface area contributed by atoms with Crippen molar-refractivity contribution < 1.29 is 14.9 Å². The molecule has 0 amide bonds. The summed E-state index contributed by atoms with van der Waals surface area (Å²) in [5.41, 5.74) is 5.62. The molecule has 4 atom stereocenters. The summed E-state index contributed by atoms with van der Waals surface area (Å²) in [4.78, 5) is 12.8. The van der Waals surface area contributed by atoms with E-state index < -0.39 is 24.5 Å². The van der Waals surface area contributed by atoms with E-state index in [0.29, 0.717) is 24.3 Å². The molecule has 0 radical (unpaired) electrons. The Morgan fingerprint density at radius 1 is 0.971 bits per heavy atom. The highest BCUT2D eigenvalue weighted by Crippen LogP contribution is 2.32. The number of aliphatic hydroxyl groups excluding tert-OH is 2. The zero-order valence-electron chi connectivity index (χ0n) is 19.7. The molecule has 4 unspecified atom stereocenters. The number of imidazole rings is 1. The summed E-state index contributed by atoms with van der Waals surface area (Å²) in [6, 6.07) is 15.0. The van der Waals surface area contributed by atoms with Crippen molar-refractivity contribution >= 4 is 33.0 Å². The van der Waals surface area contributed by atoms with Crippen LogP contribution >= 0.6 is 0 Å². The summed E-state index contributed by atoms with van der Waals surface area (Å²) < 4.78 is 10.0. The number of rotatable bonds is 6. The van der Waals surface area contributed by atoms with Crippen molar-refractivity contribution in [3.63, 3.8) is 0 Å². The monoisotopic (exact) mass is 472 g/mol. The largest absolute Gasteiger partial charge is 0.387 e. The van der Waals surface area contributed by atoms with E-state index in [1.54, 1.807) is 10.9 Å². The van der Waals surface area contributed by atoms with Gasteiger partial charge < -0.3 is 24.8 Å². The molecular formula is C26H28N6O3. The van der Waals surface area contributed by atoms with Crippen molar-refractivity contribution in [1.82, 2.24) is 29.4 Å². The number of nitrogens with one attached hydrogen (secondary N) is 1. The van der Waals surface area contributed by atoms with Gasteiger partial charge in [0.25, 0.3) is 0 Å². The van der Waals surface area contributed by atoms with E-state index in [4.69, 9.17) is 4.74 Å². The van der Waals surface area contributed by atoms with Gasteiger partial charge in [0.1, 0.15) is 30.2 Å². The molecule has 35 heavy (non-hydrogen) atoms. The second kappa shape index (κ2) is 8.69. The second-order valence-electron chi connectivity index (χ2n) is 9.22. The Bertz CT molecular complexity index is 1530. The van der Waals surface area contributed by atoms with E-state index in [1.165, 1.54) is 33.7 Å². The molecular weight excluding hydrogens is 444 g/mol. The third-order valence-corrected chi connectivity index (χ3v) is 6.94. The quantitative estimate of drug-likeness (QED) is 0.326. The molecule has 9 heteroatoms. The van der Waals surface area contributed by atoms with Crippen molar-refractivity contribution in [2.45, 2.75) is 44.9 Å². The van der Waals surface area contributed by atoms with Gasteiger partial charge in [0, 0.05) is 41.4 Å². The zero-order chi connectivity index (χ0) is 24.1. The van der Waals surface area contributed by atoms with Gasteiger partial charge in [0.05, 0.1) is 12.0 Å². The van der Waals surface area contributed by atoms with Gasteiger partial charge >= 0.3 is 0 Å². The smallest absolute Gasteiger partial charge is 0.165 e. The summed E-state index contributed by atoms with van der Waals surface area (Å²) in [7, 11) is 0. The van der Waals surface area contributed by atoms with Gasteiger partial charge in [-0.15, -0.1) is 0 Å². The van der Waals surface area contributed by atoms with Crippen LogP contribution in [0.25, 0.3) is 33.0 Å². The van der Waals surface area contributed by atoms with Gasteiger partial charge in [0.2, 0.25) is 0 Å². The molecule has 0 spiro atoms. The lowest BCUT2D eigenvalue weighted by molar-refractivity contribution is -0.0341. The third kappa shape index (κ3) is 3.68. The summed E-state index contributed by atoms with van der Waals surface area (Å²) >= 11 is 0. The fourth-order valence-electron chi connectivity index (χ4n) is 5.13. The first-order valence-corrected chi connectivity index (χ1v) is 11.9. The molecule has 1 aliphatic rings. The second-order valence-corrected chi connectivity index (χ2v) is 9.22. The fourth-order valence-corrected chi connectivity index (χ4v) is 5.13. The molecule has 1 saturated heterocycles. The number of benzene rings is 2. The predicted molar refractivity (Wildman–Crippen MR) is 133 cm³/mol. The van der Waals surface area contributed by atoms with Crippen molar-refractivity contribution in [2.75, 3.05) is 13.1 Å². The molecule has 180 valence electrons. The average molecular weight is 473 g/mol. The van der Waals surface area contributed by atoms with E-state index in [1.807, 2.05) is 6.92 Å². The first-order chi connectivity index (χ1) is 17.0. The molecule has 3 N–H and O–H groups in total. The topological polar surface area (TPSA) is 110 Å². The minimum absolute atomic E-state index is 0.408. The molecule has 4 heterocycles. The maximum atomic E-state index is 10.7. The average Bonchev–Trinajstić information content (AvgIpc) is 3.51. The maximum Gasteiger partial charge on any atom is 0.165 e. The number of aryl methyl sites for hydroxylation is 2. The molecule has 0 saturated carbocycles. The summed E-state index contributed by atoms with van der Waals surface area (Å²) in [6.45, 7) is 5.83. The van der Waals surface area contributed by atoms with Crippen LogP contribution in [-0.4, -0.2) is 65.7 Å². The lowest BCUT2D eigenvalue weighted by Gasteiger charge is -2.17. The Morgan fingerprint density at radius 3 is 2.69 bits per heavy atom. The Morgan fingerprint density at radius 2 is 1.80 bits per heavy atom. The maximum absolute atomic E-state index is 10.7. The van der Waals surface area contributed by atoms with Crippen LogP contribution in [0, 0.1) is 13.8 Å². The summed E-state index contributed by atoms with van der Waals surface area (Å²) in [5.74, 6) is 0. The molecule has 0 bridgehead atoms. The van der Waals surface area contributed by atoms with E-state index in [0.717, 1.165) is 12.2 Å². The molecule has 5 aromatic rings. The minimum Gasteiger partial charge on any atom is -0.387 e. The van der Waals surface area contributed by atoms with Gasteiger partial charge in [-0.3, -0.25) is 4.57 Å². The number of fused-ring (bicyclic) bond motifs is 4. The predicted octanol–water partition coefficient (Wildman–Crippen LogP) is 2.46. The van der Waals surface area contributed by atoms with Gasteiger partial charge in [-0.25, -0.2) is 15.0 Å². The third-order valence-electron chi connectivity index (χ3n) is 6.94. The normalized spacial score (nSPS) is 22.6. The molecule has 0 aliphatic carbocycles. The highest BCUT2D eigenvalue weighted by molar-refractivity contribution is 6.08. The van der Waals surface area contributed by atoms with Crippen LogP contribution in [0.1, 0.15) is 17.5 Å². The first kappa shape index (κ1) is 22.1. The Balaban J connectivity index is 1.15. The van der Waals surface area contributed by atoms with Crippen LogP contribution in [0.5, 0.6) is 0 Å². The van der Waals surface area contributed by atoms with E-state index >= 15 is 0 Å². The van der Waals surface area contributed by atoms with Gasteiger partial charge in [-0.2, -0.15) is 0 Å². The fraction of sp³-hybridized carbons (Fsp3) is 0.346. The van der Waals surface area contributed by atoms with Crippen LogP contribution in [0.4, 0.5) is 0 Å². The standard InChI is InChI=1S/C26H28N6O3/c1-15-7-8-20-18(11-15)17-5-3-4-6-19(17)31(20)10-9-27-12-21-23(33)24(34)26(35-21)32-14-30-22-16(2)28-13-29-25(22)32/h3-8,11,13-14,21,23-24,26-27,33-34H,9-10,12H2,1-2H3. The molecule has 2 aromatic carbocycles.